The molecule has 0 saturated carbocycles. The van der Waals surface area contributed by atoms with Gasteiger partial charge in [-0.25, -0.2) is 4.39 Å². The highest BCUT2D eigenvalue weighted by Gasteiger charge is 2.14. The smallest absolute Gasteiger partial charge is 0.255 e. The summed E-state index contributed by atoms with van der Waals surface area (Å²) in [7, 11) is 0. The van der Waals surface area contributed by atoms with Crippen LogP contribution in [0.1, 0.15) is 23.2 Å². The third kappa shape index (κ3) is 3.47. The normalized spacial score (nSPS) is 10.2. The molecule has 0 fully saturated rings. The minimum atomic E-state index is -0.632. The quantitative estimate of drug-likeness (QED) is 0.780. The van der Waals surface area contributed by atoms with Crippen LogP contribution in [-0.4, -0.2) is 24.2 Å². The molecule has 0 aliphatic heterocycles. The number of amides is 1. The van der Waals surface area contributed by atoms with Crippen LogP contribution in [-0.2, 0) is 0 Å². The number of hydrogen-bond donors (Lipinski definition) is 2. The van der Waals surface area contributed by atoms with Crippen LogP contribution in [0.25, 0.3) is 0 Å². The van der Waals surface area contributed by atoms with Gasteiger partial charge in [0.05, 0.1) is 10.6 Å². The molecule has 1 aromatic carbocycles. The number of benzene rings is 1. The summed E-state index contributed by atoms with van der Waals surface area (Å²) in [5, 5.41) is 11.2. The van der Waals surface area contributed by atoms with Gasteiger partial charge in [0.1, 0.15) is 5.82 Å². The molecule has 0 aliphatic carbocycles. The molecule has 0 unspecified atom stereocenters. The van der Waals surface area contributed by atoms with Crippen molar-refractivity contribution in [1.82, 2.24) is 5.32 Å². The number of carbonyl (C=O) groups excluding carboxylic acids is 1. The molecule has 3 nitrogen and oxygen atoms in total. The molecule has 5 heteroatoms. The lowest BCUT2D eigenvalue weighted by Gasteiger charge is -2.06. The van der Waals surface area contributed by atoms with Crippen LogP contribution in [0.4, 0.5) is 4.39 Å². The summed E-state index contributed by atoms with van der Waals surface area (Å²) in [5.74, 6) is -1.16. The molecule has 1 amide bonds. The Hall–Kier alpha value is -1.13. The first-order chi connectivity index (χ1) is 7.66. The Morgan fingerprint density at radius 2 is 2.19 bits per heavy atom. The highest BCUT2D eigenvalue weighted by atomic mass is 35.5. The Morgan fingerprint density at radius 1 is 1.44 bits per heavy atom. The summed E-state index contributed by atoms with van der Waals surface area (Å²) < 4.78 is 13.3. The largest absolute Gasteiger partial charge is 0.396 e. The molecule has 0 saturated heterocycles. The van der Waals surface area contributed by atoms with Gasteiger partial charge in [0, 0.05) is 13.2 Å². The van der Waals surface area contributed by atoms with Gasteiger partial charge in [0.15, 0.2) is 0 Å². The first kappa shape index (κ1) is 12.9. The van der Waals surface area contributed by atoms with E-state index in [0.29, 0.717) is 19.4 Å². The molecule has 16 heavy (non-hydrogen) atoms. The van der Waals surface area contributed by atoms with Crippen molar-refractivity contribution in [3.63, 3.8) is 0 Å². The number of hydrogen-bond acceptors (Lipinski definition) is 2. The Kier molecular flexibility index (Phi) is 5.22. The Balaban J connectivity index is 2.59. The van der Waals surface area contributed by atoms with Crippen LogP contribution >= 0.6 is 11.6 Å². The molecule has 1 rings (SSSR count). The second-order valence-electron chi connectivity index (χ2n) is 3.28. The van der Waals surface area contributed by atoms with Crippen LogP contribution in [0.2, 0.25) is 5.02 Å². The third-order valence-corrected chi connectivity index (χ3v) is 2.38. The molecule has 2 N–H and O–H groups in total. The van der Waals surface area contributed by atoms with E-state index in [2.05, 4.69) is 5.32 Å². The average Bonchev–Trinajstić information content (AvgIpc) is 2.24. The van der Waals surface area contributed by atoms with E-state index in [9.17, 15) is 9.18 Å². The lowest BCUT2D eigenvalue weighted by Crippen LogP contribution is -2.25. The first-order valence-corrected chi connectivity index (χ1v) is 5.37. The third-order valence-electron chi connectivity index (χ3n) is 2.06. The molecule has 0 aromatic heterocycles. The Morgan fingerprint density at radius 3 is 2.81 bits per heavy atom. The zero-order valence-electron chi connectivity index (χ0n) is 8.67. The maximum absolute atomic E-state index is 13.3. The number of carbonyl (C=O) groups is 1. The minimum absolute atomic E-state index is 0.0797. The molecule has 0 atom stereocenters. The second kappa shape index (κ2) is 6.45. The number of halogens is 2. The number of aliphatic hydroxyl groups excluding tert-OH is 1. The predicted molar refractivity (Wildman–Crippen MR) is 60.1 cm³/mol. The van der Waals surface area contributed by atoms with Crippen LogP contribution < -0.4 is 5.32 Å². The zero-order valence-corrected chi connectivity index (χ0v) is 9.43. The molecular formula is C11H13ClFNO2. The van der Waals surface area contributed by atoms with E-state index in [1.54, 1.807) is 0 Å². The van der Waals surface area contributed by atoms with Crippen LogP contribution in [0.15, 0.2) is 18.2 Å². The fourth-order valence-corrected chi connectivity index (χ4v) is 1.49. The van der Waals surface area contributed by atoms with E-state index >= 15 is 0 Å². The first-order valence-electron chi connectivity index (χ1n) is 5.00. The second-order valence-corrected chi connectivity index (χ2v) is 3.69. The summed E-state index contributed by atoms with van der Waals surface area (Å²) >= 11 is 5.72. The standard InChI is InChI=1S/C11H13ClFNO2/c12-8-4-3-5-9(13)10(8)11(16)14-6-1-2-7-15/h3-5,15H,1-2,6-7H2,(H,14,16). The highest BCUT2D eigenvalue weighted by Crippen LogP contribution is 2.18. The SMILES string of the molecule is O=C(NCCCCO)c1c(F)cccc1Cl. The van der Waals surface area contributed by atoms with E-state index in [1.807, 2.05) is 0 Å². The van der Waals surface area contributed by atoms with Crippen LogP contribution in [0, 0.1) is 5.82 Å². The number of nitrogens with one attached hydrogen (secondary N) is 1. The van der Waals surface area contributed by atoms with Gasteiger partial charge in [-0.05, 0) is 25.0 Å². The summed E-state index contributed by atoms with van der Waals surface area (Å²) in [6, 6.07) is 4.10. The monoisotopic (exact) mass is 245 g/mol. The van der Waals surface area contributed by atoms with Gasteiger partial charge < -0.3 is 10.4 Å². The van der Waals surface area contributed by atoms with E-state index in [-0.39, 0.29) is 17.2 Å². The fraction of sp³-hybridized carbons (Fsp3) is 0.364. The van der Waals surface area contributed by atoms with Crippen LogP contribution in [0.5, 0.6) is 0 Å². The van der Waals surface area contributed by atoms with Crippen molar-refractivity contribution in [2.24, 2.45) is 0 Å². The van der Waals surface area contributed by atoms with Crippen LogP contribution in [0.3, 0.4) is 0 Å². The fourth-order valence-electron chi connectivity index (χ4n) is 1.24. The van der Waals surface area contributed by atoms with Crippen molar-refractivity contribution < 1.29 is 14.3 Å². The maximum atomic E-state index is 13.3. The van der Waals surface area contributed by atoms with Gasteiger partial charge in [0.25, 0.3) is 5.91 Å². The number of rotatable bonds is 5. The van der Waals surface area contributed by atoms with Gasteiger partial charge in [-0.2, -0.15) is 0 Å². The minimum Gasteiger partial charge on any atom is -0.396 e. The topological polar surface area (TPSA) is 49.3 Å². The average molecular weight is 246 g/mol. The van der Waals surface area contributed by atoms with E-state index in [1.165, 1.54) is 18.2 Å². The van der Waals surface area contributed by atoms with Gasteiger partial charge in [0.2, 0.25) is 0 Å². The van der Waals surface area contributed by atoms with Gasteiger partial charge in [-0.15, -0.1) is 0 Å². The van der Waals surface area contributed by atoms with Gasteiger partial charge >= 0.3 is 0 Å². The van der Waals surface area contributed by atoms with E-state index in [4.69, 9.17) is 16.7 Å². The van der Waals surface area contributed by atoms with E-state index < -0.39 is 11.7 Å². The lowest BCUT2D eigenvalue weighted by molar-refractivity contribution is 0.0948. The zero-order chi connectivity index (χ0) is 12.0. The highest BCUT2D eigenvalue weighted by molar-refractivity contribution is 6.33. The molecule has 0 aliphatic rings. The molecule has 88 valence electrons. The van der Waals surface area contributed by atoms with Crippen molar-refractivity contribution in [2.75, 3.05) is 13.2 Å². The maximum Gasteiger partial charge on any atom is 0.255 e. The molecule has 0 spiro atoms. The van der Waals surface area contributed by atoms with E-state index in [0.717, 1.165) is 0 Å². The molecule has 0 radical (unpaired) electrons. The van der Waals surface area contributed by atoms with Gasteiger partial charge in [-0.3, -0.25) is 4.79 Å². The molecule has 1 aromatic rings. The number of unbranched alkanes of at least 4 members (excludes halogenated alkanes) is 1. The number of aliphatic hydroxyl groups is 1. The Bertz CT molecular complexity index is 351. The van der Waals surface area contributed by atoms with Crippen molar-refractivity contribution in [1.29, 1.82) is 0 Å². The molecule has 0 bridgehead atoms. The summed E-state index contributed by atoms with van der Waals surface area (Å²) in [6.45, 7) is 0.473. The summed E-state index contributed by atoms with van der Waals surface area (Å²) in [4.78, 5) is 11.6. The lowest BCUT2D eigenvalue weighted by atomic mass is 10.2. The molecular weight excluding hydrogens is 233 g/mol. The summed E-state index contributed by atoms with van der Waals surface area (Å²) in [6.07, 6.45) is 1.25. The van der Waals surface area contributed by atoms with Crippen molar-refractivity contribution in [3.05, 3.63) is 34.6 Å². The summed E-state index contributed by atoms with van der Waals surface area (Å²) in [5.41, 5.74) is -0.131. The van der Waals surface area contributed by atoms with Crippen molar-refractivity contribution in [3.8, 4) is 0 Å². The predicted octanol–water partition coefficient (Wildman–Crippen LogP) is 1.98. The van der Waals surface area contributed by atoms with Crippen molar-refractivity contribution in [2.45, 2.75) is 12.8 Å². The molecule has 0 heterocycles. The Labute approximate surface area is 98.2 Å². The van der Waals surface area contributed by atoms with Gasteiger partial charge in [-0.1, -0.05) is 17.7 Å². The van der Waals surface area contributed by atoms with Crippen molar-refractivity contribution >= 4 is 17.5 Å².